The van der Waals surface area contributed by atoms with Gasteiger partial charge < -0.3 is 9.73 Å². The van der Waals surface area contributed by atoms with Crippen LogP contribution in [0.25, 0.3) is 0 Å². The van der Waals surface area contributed by atoms with Crippen molar-refractivity contribution in [3.8, 4) is 0 Å². The molecule has 0 saturated carbocycles. The van der Waals surface area contributed by atoms with Gasteiger partial charge in [-0.3, -0.25) is 4.98 Å². The Morgan fingerprint density at radius 2 is 2.38 bits per heavy atom. The molecule has 0 aromatic carbocycles. The summed E-state index contributed by atoms with van der Waals surface area (Å²) in [7, 11) is 1.97. The average molecular weight is 216 g/mol. The van der Waals surface area contributed by atoms with Crippen LogP contribution >= 0.6 is 0 Å². The number of aromatic nitrogens is 1. The standard InChI is InChI=1S/C13H16N2O/c1-14-13(12-6-8-16-10-12)5-4-11-3-2-7-15-9-11/h2-3,6-10,13-14H,4-5H2,1H3. The van der Waals surface area contributed by atoms with Gasteiger partial charge in [0.2, 0.25) is 0 Å². The summed E-state index contributed by atoms with van der Waals surface area (Å²) in [6.07, 6.45) is 9.29. The van der Waals surface area contributed by atoms with E-state index in [2.05, 4.69) is 16.4 Å². The summed E-state index contributed by atoms with van der Waals surface area (Å²) in [5.74, 6) is 0. The highest BCUT2D eigenvalue weighted by atomic mass is 16.3. The Hall–Kier alpha value is -1.61. The third-order valence-electron chi connectivity index (χ3n) is 2.74. The minimum Gasteiger partial charge on any atom is -0.472 e. The Labute approximate surface area is 95.5 Å². The molecule has 2 aromatic heterocycles. The molecular formula is C13H16N2O. The van der Waals surface area contributed by atoms with E-state index in [4.69, 9.17) is 4.42 Å². The van der Waals surface area contributed by atoms with E-state index in [1.54, 1.807) is 18.7 Å². The van der Waals surface area contributed by atoms with Gasteiger partial charge in [0, 0.05) is 24.0 Å². The fourth-order valence-corrected chi connectivity index (χ4v) is 1.81. The normalized spacial score (nSPS) is 12.6. The molecule has 2 rings (SSSR count). The maximum Gasteiger partial charge on any atom is 0.0950 e. The average Bonchev–Trinajstić information content (AvgIpc) is 2.85. The number of hydrogen-bond acceptors (Lipinski definition) is 3. The zero-order valence-corrected chi connectivity index (χ0v) is 9.39. The van der Waals surface area contributed by atoms with Gasteiger partial charge in [-0.2, -0.15) is 0 Å². The molecule has 16 heavy (non-hydrogen) atoms. The fourth-order valence-electron chi connectivity index (χ4n) is 1.81. The molecule has 0 saturated heterocycles. The van der Waals surface area contributed by atoms with E-state index in [0.717, 1.165) is 12.8 Å². The van der Waals surface area contributed by atoms with Crippen LogP contribution in [0.3, 0.4) is 0 Å². The molecule has 1 atom stereocenters. The van der Waals surface area contributed by atoms with Crippen molar-refractivity contribution in [2.24, 2.45) is 0 Å². The SMILES string of the molecule is CNC(CCc1cccnc1)c1ccoc1. The molecule has 0 spiro atoms. The van der Waals surface area contributed by atoms with Crippen molar-refractivity contribution in [2.45, 2.75) is 18.9 Å². The van der Waals surface area contributed by atoms with Crippen molar-refractivity contribution in [2.75, 3.05) is 7.05 Å². The summed E-state index contributed by atoms with van der Waals surface area (Å²) in [5, 5.41) is 3.29. The van der Waals surface area contributed by atoms with Crippen LogP contribution in [0.4, 0.5) is 0 Å². The number of nitrogens with zero attached hydrogens (tertiary/aromatic N) is 1. The topological polar surface area (TPSA) is 38.1 Å². The second-order valence-corrected chi connectivity index (χ2v) is 3.80. The van der Waals surface area contributed by atoms with Gasteiger partial charge >= 0.3 is 0 Å². The lowest BCUT2D eigenvalue weighted by molar-refractivity contribution is 0.524. The van der Waals surface area contributed by atoms with E-state index in [1.807, 2.05) is 25.4 Å². The first-order valence-electron chi connectivity index (χ1n) is 5.48. The molecule has 0 amide bonds. The van der Waals surface area contributed by atoms with Gasteiger partial charge in [-0.25, -0.2) is 0 Å². The van der Waals surface area contributed by atoms with Gasteiger partial charge in [0.1, 0.15) is 0 Å². The molecule has 3 nitrogen and oxygen atoms in total. The van der Waals surface area contributed by atoms with Crippen LogP contribution in [0.1, 0.15) is 23.6 Å². The first-order chi connectivity index (χ1) is 7.90. The fraction of sp³-hybridized carbons (Fsp3) is 0.308. The molecule has 2 aromatic rings. The van der Waals surface area contributed by atoms with E-state index < -0.39 is 0 Å². The van der Waals surface area contributed by atoms with Gasteiger partial charge in [-0.1, -0.05) is 6.07 Å². The molecule has 84 valence electrons. The first-order valence-corrected chi connectivity index (χ1v) is 5.48. The van der Waals surface area contributed by atoms with E-state index in [0.29, 0.717) is 6.04 Å². The second-order valence-electron chi connectivity index (χ2n) is 3.80. The summed E-state index contributed by atoms with van der Waals surface area (Å²) >= 11 is 0. The largest absolute Gasteiger partial charge is 0.472 e. The number of aryl methyl sites for hydroxylation is 1. The lowest BCUT2D eigenvalue weighted by Gasteiger charge is -2.13. The molecule has 0 fully saturated rings. The van der Waals surface area contributed by atoms with Gasteiger partial charge in [-0.15, -0.1) is 0 Å². The molecular weight excluding hydrogens is 200 g/mol. The minimum atomic E-state index is 0.346. The molecule has 0 aliphatic carbocycles. The third-order valence-corrected chi connectivity index (χ3v) is 2.74. The van der Waals surface area contributed by atoms with Gasteiger partial charge in [0.05, 0.1) is 12.5 Å². The highest BCUT2D eigenvalue weighted by molar-refractivity contribution is 5.14. The predicted molar refractivity (Wildman–Crippen MR) is 63.1 cm³/mol. The Bertz CT molecular complexity index is 397. The van der Waals surface area contributed by atoms with Crippen molar-refractivity contribution in [3.05, 3.63) is 54.2 Å². The van der Waals surface area contributed by atoms with Crippen LogP contribution in [0.15, 0.2) is 47.5 Å². The summed E-state index contributed by atoms with van der Waals surface area (Å²) < 4.78 is 5.10. The molecule has 3 heteroatoms. The number of furan rings is 1. The van der Waals surface area contributed by atoms with E-state index in [9.17, 15) is 0 Å². The molecule has 2 heterocycles. The molecule has 0 aliphatic heterocycles. The van der Waals surface area contributed by atoms with E-state index in [-0.39, 0.29) is 0 Å². The third kappa shape index (κ3) is 2.70. The minimum absolute atomic E-state index is 0.346. The van der Waals surface area contributed by atoms with Crippen LogP contribution in [-0.2, 0) is 6.42 Å². The van der Waals surface area contributed by atoms with Gasteiger partial charge in [0.25, 0.3) is 0 Å². The van der Waals surface area contributed by atoms with Crippen LogP contribution in [0.5, 0.6) is 0 Å². The Kier molecular flexibility index (Phi) is 3.72. The highest BCUT2D eigenvalue weighted by Crippen LogP contribution is 2.18. The van der Waals surface area contributed by atoms with E-state index in [1.165, 1.54) is 11.1 Å². The molecule has 1 N–H and O–H groups in total. The smallest absolute Gasteiger partial charge is 0.0950 e. The number of nitrogens with one attached hydrogen (secondary N) is 1. The lowest BCUT2D eigenvalue weighted by Crippen LogP contribution is -2.16. The van der Waals surface area contributed by atoms with Crippen molar-refractivity contribution in [3.63, 3.8) is 0 Å². The van der Waals surface area contributed by atoms with Gasteiger partial charge in [-0.05, 0) is 37.6 Å². The highest BCUT2D eigenvalue weighted by Gasteiger charge is 2.10. The van der Waals surface area contributed by atoms with E-state index >= 15 is 0 Å². The molecule has 1 unspecified atom stereocenters. The van der Waals surface area contributed by atoms with Crippen molar-refractivity contribution in [1.82, 2.24) is 10.3 Å². The zero-order valence-electron chi connectivity index (χ0n) is 9.39. The van der Waals surface area contributed by atoms with Crippen LogP contribution in [-0.4, -0.2) is 12.0 Å². The molecule has 0 bridgehead atoms. The number of hydrogen-bond donors (Lipinski definition) is 1. The predicted octanol–water partition coefficient (Wildman–Crippen LogP) is 2.57. The van der Waals surface area contributed by atoms with Crippen LogP contribution < -0.4 is 5.32 Å². The maximum absolute atomic E-state index is 5.10. The molecule has 0 aliphatic rings. The zero-order chi connectivity index (χ0) is 11.2. The van der Waals surface area contributed by atoms with Gasteiger partial charge in [0.15, 0.2) is 0 Å². The van der Waals surface area contributed by atoms with Crippen LogP contribution in [0.2, 0.25) is 0 Å². The Morgan fingerprint density at radius 3 is 3.00 bits per heavy atom. The number of pyridine rings is 1. The van der Waals surface area contributed by atoms with Crippen molar-refractivity contribution in [1.29, 1.82) is 0 Å². The second kappa shape index (κ2) is 5.47. The first kappa shape index (κ1) is 10.9. The summed E-state index contributed by atoms with van der Waals surface area (Å²) in [6, 6.07) is 6.43. The Balaban J connectivity index is 1.94. The number of rotatable bonds is 5. The maximum atomic E-state index is 5.10. The lowest BCUT2D eigenvalue weighted by atomic mass is 10.0. The molecule has 0 radical (unpaired) electrons. The van der Waals surface area contributed by atoms with Crippen molar-refractivity contribution >= 4 is 0 Å². The van der Waals surface area contributed by atoms with Crippen molar-refractivity contribution < 1.29 is 4.42 Å². The summed E-state index contributed by atoms with van der Waals surface area (Å²) in [5.41, 5.74) is 2.47. The quantitative estimate of drug-likeness (QED) is 0.834. The summed E-state index contributed by atoms with van der Waals surface area (Å²) in [6.45, 7) is 0. The monoisotopic (exact) mass is 216 g/mol. The Morgan fingerprint density at radius 1 is 1.44 bits per heavy atom. The van der Waals surface area contributed by atoms with Crippen LogP contribution in [0, 0.1) is 0 Å². The summed E-state index contributed by atoms with van der Waals surface area (Å²) in [4.78, 5) is 4.11.